The van der Waals surface area contributed by atoms with Crippen molar-refractivity contribution in [3.05, 3.63) is 35.4 Å². The van der Waals surface area contributed by atoms with Crippen LogP contribution in [0.25, 0.3) is 0 Å². The van der Waals surface area contributed by atoms with Crippen LogP contribution in [0.4, 0.5) is 0 Å². The fraction of sp³-hybridized carbons (Fsp3) is 0.500. The van der Waals surface area contributed by atoms with Gasteiger partial charge in [0.2, 0.25) is 10.0 Å². The molecule has 2 rings (SSSR count). The highest BCUT2D eigenvalue weighted by molar-refractivity contribution is 7.88. The molecule has 0 amide bonds. The second-order valence-electron chi connectivity index (χ2n) is 5.27. The first-order chi connectivity index (χ1) is 9.44. The van der Waals surface area contributed by atoms with Crippen molar-refractivity contribution in [3.8, 4) is 6.07 Å². The van der Waals surface area contributed by atoms with Gasteiger partial charge in [-0.1, -0.05) is 18.2 Å². The highest BCUT2D eigenvalue weighted by Crippen LogP contribution is 2.23. The monoisotopic (exact) mass is 293 g/mol. The van der Waals surface area contributed by atoms with E-state index in [2.05, 4.69) is 0 Å². The van der Waals surface area contributed by atoms with Crippen molar-refractivity contribution < 1.29 is 8.42 Å². The van der Waals surface area contributed by atoms with E-state index in [4.69, 9.17) is 11.0 Å². The summed E-state index contributed by atoms with van der Waals surface area (Å²) in [5, 5.41) is 9.04. The second-order valence-corrected chi connectivity index (χ2v) is 7.19. The van der Waals surface area contributed by atoms with E-state index in [0.717, 1.165) is 0 Å². The smallest absolute Gasteiger partial charge is 0.218 e. The van der Waals surface area contributed by atoms with Gasteiger partial charge in [0.15, 0.2) is 0 Å². The van der Waals surface area contributed by atoms with Crippen LogP contribution in [0.2, 0.25) is 0 Å². The maximum atomic E-state index is 12.5. The number of nitrogens with two attached hydrogens (primary N) is 1. The Balaban J connectivity index is 2.21. The van der Waals surface area contributed by atoms with Crippen molar-refractivity contribution in [2.24, 2.45) is 5.73 Å². The predicted octanol–water partition coefficient (Wildman–Crippen LogP) is 1.20. The van der Waals surface area contributed by atoms with E-state index in [-0.39, 0.29) is 17.8 Å². The minimum absolute atomic E-state index is 0.0721. The van der Waals surface area contributed by atoms with Crippen LogP contribution in [0.5, 0.6) is 0 Å². The summed E-state index contributed by atoms with van der Waals surface area (Å²) in [6.45, 7) is 2.34. The van der Waals surface area contributed by atoms with Crippen molar-refractivity contribution in [2.75, 3.05) is 6.54 Å². The first-order valence-electron chi connectivity index (χ1n) is 6.67. The maximum Gasteiger partial charge on any atom is 0.218 e. The second kappa shape index (κ2) is 5.92. The summed E-state index contributed by atoms with van der Waals surface area (Å²) < 4.78 is 26.6. The van der Waals surface area contributed by atoms with E-state index >= 15 is 0 Å². The van der Waals surface area contributed by atoms with Crippen LogP contribution in [0.15, 0.2) is 24.3 Å². The molecule has 0 aliphatic carbocycles. The molecule has 1 saturated heterocycles. The summed E-state index contributed by atoms with van der Waals surface area (Å²) in [6, 6.07) is 8.84. The normalized spacial score (nSPS) is 24.2. The molecule has 0 radical (unpaired) electrons. The lowest BCUT2D eigenvalue weighted by Crippen LogP contribution is -2.48. The van der Waals surface area contributed by atoms with Crippen LogP contribution in [-0.2, 0) is 15.8 Å². The quantitative estimate of drug-likeness (QED) is 0.907. The molecule has 1 aromatic rings. The van der Waals surface area contributed by atoms with Crippen molar-refractivity contribution in [1.29, 1.82) is 5.26 Å². The number of hydrogen-bond acceptors (Lipinski definition) is 4. The van der Waals surface area contributed by atoms with Crippen molar-refractivity contribution in [1.82, 2.24) is 4.31 Å². The van der Waals surface area contributed by atoms with Gasteiger partial charge in [-0.3, -0.25) is 0 Å². The van der Waals surface area contributed by atoms with E-state index in [1.54, 1.807) is 24.3 Å². The van der Waals surface area contributed by atoms with Crippen LogP contribution in [0.1, 0.15) is 30.9 Å². The zero-order valence-corrected chi connectivity index (χ0v) is 12.3. The number of rotatable bonds is 3. The number of nitriles is 1. The first-order valence-corrected chi connectivity index (χ1v) is 8.28. The van der Waals surface area contributed by atoms with Crippen molar-refractivity contribution in [3.63, 3.8) is 0 Å². The minimum Gasteiger partial charge on any atom is -0.328 e. The lowest BCUT2D eigenvalue weighted by Gasteiger charge is -2.35. The highest BCUT2D eigenvalue weighted by atomic mass is 32.2. The molecule has 2 atom stereocenters. The number of benzene rings is 1. The molecule has 2 unspecified atom stereocenters. The lowest BCUT2D eigenvalue weighted by atomic mass is 10.0. The summed E-state index contributed by atoms with van der Waals surface area (Å²) in [4.78, 5) is 0. The maximum absolute atomic E-state index is 12.5. The Bertz CT molecular complexity index is 622. The lowest BCUT2D eigenvalue weighted by molar-refractivity contribution is 0.247. The predicted molar refractivity (Wildman–Crippen MR) is 77.2 cm³/mol. The van der Waals surface area contributed by atoms with E-state index < -0.39 is 10.0 Å². The van der Waals surface area contributed by atoms with Crippen LogP contribution in [0, 0.1) is 11.3 Å². The molecule has 108 valence electrons. The third kappa shape index (κ3) is 3.18. The first kappa shape index (κ1) is 15.0. The Morgan fingerprint density at radius 3 is 2.80 bits per heavy atom. The molecule has 0 saturated carbocycles. The Morgan fingerprint density at radius 1 is 1.45 bits per heavy atom. The van der Waals surface area contributed by atoms with E-state index in [9.17, 15) is 8.42 Å². The molecule has 20 heavy (non-hydrogen) atoms. The average Bonchev–Trinajstić information content (AvgIpc) is 2.38. The summed E-state index contributed by atoms with van der Waals surface area (Å²) in [5.41, 5.74) is 6.83. The Labute approximate surface area is 120 Å². The fourth-order valence-electron chi connectivity index (χ4n) is 2.63. The van der Waals surface area contributed by atoms with E-state index in [1.165, 1.54) is 4.31 Å². The van der Waals surface area contributed by atoms with E-state index in [0.29, 0.717) is 30.5 Å². The molecular weight excluding hydrogens is 274 g/mol. The van der Waals surface area contributed by atoms with Crippen LogP contribution in [0.3, 0.4) is 0 Å². The molecule has 0 spiro atoms. The summed E-state index contributed by atoms with van der Waals surface area (Å²) in [7, 11) is -3.41. The minimum atomic E-state index is -3.41. The molecular formula is C14H19N3O2S. The van der Waals surface area contributed by atoms with Gasteiger partial charge in [0.1, 0.15) is 0 Å². The summed E-state index contributed by atoms with van der Waals surface area (Å²) in [6.07, 6.45) is 1.36. The highest BCUT2D eigenvalue weighted by Gasteiger charge is 2.32. The topological polar surface area (TPSA) is 87.2 Å². The largest absolute Gasteiger partial charge is 0.328 e. The Kier molecular flexibility index (Phi) is 4.43. The van der Waals surface area contributed by atoms with Gasteiger partial charge in [0.25, 0.3) is 0 Å². The fourth-order valence-corrected chi connectivity index (χ4v) is 4.46. The molecule has 0 bridgehead atoms. The number of hydrogen-bond donors (Lipinski definition) is 1. The standard InChI is InChI=1S/C14H19N3O2S/c1-11-8-14(16)6-7-17(11)20(18,19)10-13-5-3-2-4-12(13)9-15/h2-5,11,14H,6-8,10,16H2,1H3. The van der Waals surface area contributed by atoms with Gasteiger partial charge < -0.3 is 5.73 Å². The number of nitrogens with zero attached hydrogens (tertiary/aromatic N) is 2. The number of piperidine rings is 1. The molecule has 1 heterocycles. The van der Waals surface area contributed by atoms with Crippen molar-refractivity contribution >= 4 is 10.0 Å². The molecule has 0 aromatic heterocycles. The zero-order valence-electron chi connectivity index (χ0n) is 11.5. The average molecular weight is 293 g/mol. The zero-order chi connectivity index (χ0) is 14.8. The molecule has 5 nitrogen and oxygen atoms in total. The molecule has 1 fully saturated rings. The van der Waals surface area contributed by atoms with Gasteiger partial charge in [-0.2, -0.15) is 9.57 Å². The van der Waals surface area contributed by atoms with Crippen LogP contribution in [-0.4, -0.2) is 31.4 Å². The van der Waals surface area contributed by atoms with Crippen LogP contribution >= 0.6 is 0 Å². The third-order valence-electron chi connectivity index (χ3n) is 3.69. The van der Waals surface area contributed by atoms with Gasteiger partial charge in [0, 0.05) is 18.6 Å². The van der Waals surface area contributed by atoms with Gasteiger partial charge in [-0.05, 0) is 31.4 Å². The molecule has 1 aliphatic rings. The molecule has 6 heteroatoms. The van der Waals surface area contributed by atoms with Gasteiger partial charge in [-0.15, -0.1) is 0 Å². The molecule has 2 N–H and O–H groups in total. The van der Waals surface area contributed by atoms with Gasteiger partial charge >= 0.3 is 0 Å². The van der Waals surface area contributed by atoms with Gasteiger partial charge in [-0.25, -0.2) is 8.42 Å². The van der Waals surface area contributed by atoms with Crippen LogP contribution < -0.4 is 5.73 Å². The van der Waals surface area contributed by atoms with Crippen molar-refractivity contribution in [2.45, 2.75) is 37.6 Å². The summed E-state index contributed by atoms with van der Waals surface area (Å²) in [5.74, 6) is -0.129. The molecule has 1 aromatic carbocycles. The molecule has 1 aliphatic heterocycles. The van der Waals surface area contributed by atoms with Gasteiger partial charge in [0.05, 0.1) is 17.4 Å². The summed E-state index contributed by atoms with van der Waals surface area (Å²) >= 11 is 0. The Hall–Kier alpha value is -1.42. The third-order valence-corrected chi connectivity index (χ3v) is 5.62. The Morgan fingerprint density at radius 2 is 2.15 bits per heavy atom. The SMILES string of the molecule is CC1CC(N)CCN1S(=O)(=O)Cc1ccccc1C#N. The van der Waals surface area contributed by atoms with E-state index in [1.807, 2.05) is 13.0 Å². The number of sulfonamides is 1.